The Labute approximate surface area is 206 Å². The SMILES string of the molecule is CCc1ncnc(N(C)C(C)c2ccc(OC(=O)N(C)CCOCCN(C)C(C)=O)cc2)c1Cl. The highest BCUT2D eigenvalue weighted by Crippen LogP contribution is 2.31. The maximum absolute atomic E-state index is 12.3. The van der Waals surface area contributed by atoms with Crippen molar-refractivity contribution >= 4 is 29.4 Å². The molecule has 186 valence electrons. The van der Waals surface area contributed by atoms with Crippen LogP contribution in [-0.2, 0) is 16.0 Å². The molecule has 9 nitrogen and oxygen atoms in total. The number of amides is 2. The molecule has 2 amide bonds. The van der Waals surface area contributed by atoms with Crippen LogP contribution in [0.4, 0.5) is 10.6 Å². The Morgan fingerprint density at radius 2 is 1.65 bits per heavy atom. The predicted octanol–water partition coefficient (Wildman–Crippen LogP) is 3.82. The first kappa shape index (κ1) is 27.3. The number of nitrogens with zero attached hydrogens (tertiary/aromatic N) is 5. The van der Waals surface area contributed by atoms with Crippen LogP contribution in [0.1, 0.15) is 38.1 Å². The van der Waals surface area contributed by atoms with Crippen molar-refractivity contribution in [3.63, 3.8) is 0 Å². The first-order chi connectivity index (χ1) is 16.1. The van der Waals surface area contributed by atoms with E-state index in [-0.39, 0.29) is 11.9 Å². The van der Waals surface area contributed by atoms with Gasteiger partial charge in [-0.3, -0.25) is 4.79 Å². The first-order valence-corrected chi connectivity index (χ1v) is 11.6. The van der Waals surface area contributed by atoms with Crippen molar-refractivity contribution in [2.75, 3.05) is 52.3 Å². The minimum absolute atomic E-state index is 0.0104. The van der Waals surface area contributed by atoms with Crippen LogP contribution in [0.25, 0.3) is 0 Å². The molecule has 0 saturated heterocycles. The molecule has 0 N–H and O–H groups in total. The average Bonchev–Trinajstić information content (AvgIpc) is 2.83. The molecule has 2 rings (SSSR count). The van der Waals surface area contributed by atoms with Crippen molar-refractivity contribution in [2.24, 2.45) is 0 Å². The molecule has 0 aliphatic rings. The van der Waals surface area contributed by atoms with Crippen LogP contribution in [0, 0.1) is 0 Å². The molecule has 0 fully saturated rings. The number of aromatic nitrogens is 2. The summed E-state index contributed by atoms with van der Waals surface area (Å²) < 4.78 is 10.9. The third-order valence-corrected chi connectivity index (χ3v) is 6.04. The molecule has 0 saturated carbocycles. The van der Waals surface area contributed by atoms with Gasteiger partial charge in [-0.15, -0.1) is 0 Å². The van der Waals surface area contributed by atoms with Crippen molar-refractivity contribution in [1.82, 2.24) is 19.8 Å². The lowest BCUT2D eigenvalue weighted by atomic mass is 10.1. The van der Waals surface area contributed by atoms with Gasteiger partial charge in [0.05, 0.1) is 24.9 Å². The number of likely N-dealkylation sites (N-methyl/N-ethyl adjacent to an activating group) is 2. The van der Waals surface area contributed by atoms with Gasteiger partial charge < -0.3 is 24.2 Å². The van der Waals surface area contributed by atoms with E-state index < -0.39 is 6.09 Å². The topological polar surface area (TPSA) is 88.1 Å². The highest BCUT2D eigenvalue weighted by atomic mass is 35.5. The van der Waals surface area contributed by atoms with Gasteiger partial charge >= 0.3 is 6.09 Å². The zero-order valence-corrected chi connectivity index (χ0v) is 21.5. The quantitative estimate of drug-likeness (QED) is 0.441. The van der Waals surface area contributed by atoms with E-state index in [9.17, 15) is 9.59 Å². The van der Waals surface area contributed by atoms with Gasteiger partial charge in [0.25, 0.3) is 0 Å². The second kappa shape index (κ2) is 13.1. The van der Waals surface area contributed by atoms with E-state index >= 15 is 0 Å². The van der Waals surface area contributed by atoms with Crippen LogP contribution in [0.3, 0.4) is 0 Å². The molecule has 0 radical (unpaired) electrons. The molecule has 2 aromatic rings. The van der Waals surface area contributed by atoms with E-state index in [1.807, 2.05) is 37.9 Å². The van der Waals surface area contributed by atoms with E-state index in [4.69, 9.17) is 21.1 Å². The number of halogens is 1. The Bertz CT molecular complexity index is 957. The molecule has 1 atom stereocenters. The van der Waals surface area contributed by atoms with Crippen molar-refractivity contribution in [1.29, 1.82) is 0 Å². The predicted molar refractivity (Wildman–Crippen MR) is 132 cm³/mol. The smallest absolute Gasteiger partial charge is 0.410 e. The fraction of sp³-hybridized carbons (Fsp3) is 0.500. The average molecular weight is 492 g/mol. The van der Waals surface area contributed by atoms with Gasteiger partial charge in [0.1, 0.15) is 17.1 Å². The molecule has 1 aromatic heterocycles. The summed E-state index contributed by atoms with van der Waals surface area (Å²) in [6.07, 6.45) is 1.79. The lowest BCUT2D eigenvalue weighted by molar-refractivity contribution is -0.128. The lowest BCUT2D eigenvalue weighted by Gasteiger charge is -2.27. The van der Waals surface area contributed by atoms with E-state index in [1.165, 1.54) is 18.2 Å². The van der Waals surface area contributed by atoms with Crippen molar-refractivity contribution in [2.45, 2.75) is 33.2 Å². The molecular weight excluding hydrogens is 458 g/mol. The standard InChI is InChI=1S/C24H34ClN5O4/c1-7-21-22(25)23(27-16-26-21)30(6)17(2)19-8-10-20(11-9-19)34-24(32)29(5)13-15-33-14-12-28(4)18(3)31/h8-11,16-17H,7,12-15H2,1-6H3. The van der Waals surface area contributed by atoms with Crippen LogP contribution >= 0.6 is 11.6 Å². The molecule has 1 heterocycles. The third kappa shape index (κ3) is 7.56. The summed E-state index contributed by atoms with van der Waals surface area (Å²) >= 11 is 6.47. The zero-order chi connectivity index (χ0) is 25.3. The van der Waals surface area contributed by atoms with Crippen LogP contribution in [0.2, 0.25) is 5.02 Å². The van der Waals surface area contributed by atoms with E-state index in [2.05, 4.69) is 9.97 Å². The lowest BCUT2D eigenvalue weighted by Crippen LogP contribution is -2.33. The molecule has 0 aliphatic carbocycles. The molecule has 10 heteroatoms. The monoisotopic (exact) mass is 491 g/mol. The second-order valence-corrected chi connectivity index (χ2v) is 8.39. The van der Waals surface area contributed by atoms with Gasteiger partial charge in [0, 0.05) is 41.2 Å². The number of rotatable bonds is 11. The molecule has 0 spiro atoms. The van der Waals surface area contributed by atoms with Crippen LogP contribution < -0.4 is 9.64 Å². The van der Waals surface area contributed by atoms with Crippen molar-refractivity contribution in [3.05, 3.63) is 46.9 Å². The minimum Gasteiger partial charge on any atom is -0.410 e. The maximum atomic E-state index is 12.3. The second-order valence-electron chi connectivity index (χ2n) is 8.01. The van der Waals surface area contributed by atoms with Gasteiger partial charge in [-0.1, -0.05) is 30.7 Å². The van der Waals surface area contributed by atoms with Gasteiger partial charge in [-0.25, -0.2) is 14.8 Å². The summed E-state index contributed by atoms with van der Waals surface area (Å²) in [5.41, 5.74) is 1.83. The number of carbonyl (C=O) groups is 2. The minimum atomic E-state index is -0.470. The van der Waals surface area contributed by atoms with Crippen LogP contribution in [0.5, 0.6) is 5.75 Å². The Hall–Kier alpha value is -2.91. The summed E-state index contributed by atoms with van der Waals surface area (Å²) in [4.78, 5) is 37.1. The number of ether oxygens (including phenoxy) is 2. The molecule has 0 bridgehead atoms. The summed E-state index contributed by atoms with van der Waals surface area (Å²) in [6, 6.07) is 7.34. The van der Waals surface area contributed by atoms with Gasteiger partial charge in [-0.2, -0.15) is 0 Å². The number of carbonyl (C=O) groups excluding carboxylic acids is 2. The molecule has 1 unspecified atom stereocenters. The Morgan fingerprint density at radius 1 is 1.03 bits per heavy atom. The van der Waals surface area contributed by atoms with E-state index in [1.54, 1.807) is 31.1 Å². The highest BCUT2D eigenvalue weighted by Gasteiger charge is 2.19. The number of anilines is 1. The molecule has 1 aromatic carbocycles. The maximum Gasteiger partial charge on any atom is 0.415 e. The Morgan fingerprint density at radius 3 is 2.24 bits per heavy atom. The van der Waals surface area contributed by atoms with E-state index in [0.29, 0.717) is 42.9 Å². The largest absolute Gasteiger partial charge is 0.415 e. The number of aryl methyl sites for hydroxylation is 1. The third-order valence-electron chi connectivity index (χ3n) is 5.65. The fourth-order valence-electron chi connectivity index (χ4n) is 3.04. The summed E-state index contributed by atoms with van der Waals surface area (Å²) in [6.45, 7) is 7.20. The molecule has 34 heavy (non-hydrogen) atoms. The zero-order valence-electron chi connectivity index (χ0n) is 20.7. The highest BCUT2D eigenvalue weighted by molar-refractivity contribution is 6.33. The molecule has 0 aliphatic heterocycles. The van der Waals surface area contributed by atoms with Crippen molar-refractivity contribution in [3.8, 4) is 5.75 Å². The van der Waals surface area contributed by atoms with Crippen LogP contribution in [-0.4, -0.2) is 79.2 Å². The fourth-order valence-corrected chi connectivity index (χ4v) is 3.41. The summed E-state index contributed by atoms with van der Waals surface area (Å²) in [7, 11) is 5.29. The number of benzene rings is 1. The van der Waals surface area contributed by atoms with Gasteiger partial charge in [0.2, 0.25) is 5.91 Å². The van der Waals surface area contributed by atoms with Gasteiger partial charge in [0.15, 0.2) is 5.82 Å². The summed E-state index contributed by atoms with van der Waals surface area (Å²) in [5.74, 6) is 1.11. The Balaban J connectivity index is 1.86. The van der Waals surface area contributed by atoms with Gasteiger partial charge in [-0.05, 0) is 31.0 Å². The Kier molecular flexibility index (Phi) is 10.5. The van der Waals surface area contributed by atoms with Crippen molar-refractivity contribution < 1.29 is 19.1 Å². The van der Waals surface area contributed by atoms with Crippen LogP contribution in [0.15, 0.2) is 30.6 Å². The number of hydrogen-bond acceptors (Lipinski definition) is 7. The molecular formula is C24H34ClN5O4. The number of hydrogen-bond donors (Lipinski definition) is 0. The van der Waals surface area contributed by atoms with E-state index in [0.717, 1.165) is 17.7 Å². The summed E-state index contributed by atoms with van der Waals surface area (Å²) in [5, 5.41) is 0.558. The first-order valence-electron chi connectivity index (χ1n) is 11.2. The normalized spacial score (nSPS) is 11.6.